The number of aromatic nitrogens is 1. The summed E-state index contributed by atoms with van der Waals surface area (Å²) in [7, 11) is 3.99. The van der Waals surface area contributed by atoms with Crippen LogP contribution in [-0.2, 0) is 6.42 Å². The van der Waals surface area contributed by atoms with Crippen LogP contribution in [0.1, 0.15) is 28.5 Å². The van der Waals surface area contributed by atoms with E-state index in [0.29, 0.717) is 5.56 Å². The molecule has 1 N–H and O–H groups in total. The summed E-state index contributed by atoms with van der Waals surface area (Å²) in [6, 6.07) is 17.4. The Morgan fingerprint density at radius 3 is 2.58 bits per heavy atom. The Hall–Kier alpha value is -3.21. The van der Waals surface area contributed by atoms with E-state index in [1.807, 2.05) is 80.5 Å². The predicted molar refractivity (Wildman–Crippen MR) is 107 cm³/mol. The molecule has 0 aliphatic rings. The van der Waals surface area contributed by atoms with Gasteiger partial charge < -0.3 is 4.90 Å². The second kappa shape index (κ2) is 7.78. The summed E-state index contributed by atoms with van der Waals surface area (Å²) in [5, 5.41) is 4.92. The summed E-state index contributed by atoms with van der Waals surface area (Å²) in [4.78, 5) is 19.2. The second-order valence-electron chi connectivity index (χ2n) is 6.22. The number of para-hydroxylation sites is 1. The first-order chi connectivity index (χ1) is 12.6. The number of pyridine rings is 1. The summed E-state index contributed by atoms with van der Waals surface area (Å²) in [5.74, 6) is -0.237. The highest BCUT2D eigenvalue weighted by molar-refractivity contribution is 6.06. The van der Waals surface area contributed by atoms with Crippen LogP contribution in [0, 0.1) is 0 Å². The molecule has 0 aliphatic heterocycles. The third kappa shape index (κ3) is 3.88. The fraction of sp³-hybridized carbons (Fsp3) is 0.190. The smallest absolute Gasteiger partial charge is 0.272 e. The van der Waals surface area contributed by atoms with Gasteiger partial charge in [-0.25, -0.2) is 5.43 Å². The first kappa shape index (κ1) is 17.6. The Morgan fingerprint density at radius 1 is 1.15 bits per heavy atom. The van der Waals surface area contributed by atoms with Gasteiger partial charge in [-0.1, -0.05) is 37.3 Å². The van der Waals surface area contributed by atoms with Gasteiger partial charge in [-0.05, 0) is 36.2 Å². The molecule has 0 unspecified atom stereocenters. The lowest BCUT2D eigenvalue weighted by molar-refractivity contribution is 0.0956. The Morgan fingerprint density at radius 2 is 1.88 bits per heavy atom. The number of amides is 1. The van der Waals surface area contributed by atoms with Gasteiger partial charge in [0.25, 0.3) is 5.91 Å². The molecule has 0 bridgehead atoms. The topological polar surface area (TPSA) is 57.6 Å². The minimum absolute atomic E-state index is 0.237. The molecule has 5 nitrogen and oxygen atoms in total. The molecule has 0 radical (unpaired) electrons. The molecule has 0 saturated heterocycles. The van der Waals surface area contributed by atoms with E-state index in [1.165, 1.54) is 0 Å². The van der Waals surface area contributed by atoms with Crippen LogP contribution in [0.4, 0.5) is 5.69 Å². The lowest BCUT2D eigenvalue weighted by Crippen LogP contribution is -2.18. The summed E-state index contributed by atoms with van der Waals surface area (Å²) in [5.41, 5.74) is 6.95. The van der Waals surface area contributed by atoms with Gasteiger partial charge in [-0.3, -0.25) is 9.78 Å². The number of aryl methyl sites for hydroxylation is 1. The number of benzene rings is 2. The third-order valence-corrected chi connectivity index (χ3v) is 4.17. The van der Waals surface area contributed by atoms with Crippen molar-refractivity contribution in [3.63, 3.8) is 0 Å². The molecule has 0 atom stereocenters. The van der Waals surface area contributed by atoms with Crippen molar-refractivity contribution >= 4 is 28.7 Å². The highest BCUT2D eigenvalue weighted by Gasteiger charge is 2.11. The first-order valence-corrected chi connectivity index (χ1v) is 8.58. The fourth-order valence-corrected chi connectivity index (χ4v) is 2.68. The molecular weight excluding hydrogens is 324 g/mol. The van der Waals surface area contributed by atoms with E-state index in [0.717, 1.165) is 34.3 Å². The molecule has 0 aliphatic carbocycles. The minimum Gasteiger partial charge on any atom is -0.378 e. The molecule has 26 heavy (non-hydrogen) atoms. The fourth-order valence-electron chi connectivity index (χ4n) is 2.68. The van der Waals surface area contributed by atoms with E-state index in [-0.39, 0.29) is 5.91 Å². The number of nitrogens with zero attached hydrogens (tertiary/aromatic N) is 3. The number of rotatable bonds is 5. The van der Waals surface area contributed by atoms with Crippen molar-refractivity contribution in [1.29, 1.82) is 0 Å². The second-order valence-corrected chi connectivity index (χ2v) is 6.22. The standard InChI is InChI=1S/C21H22N4O/c1-4-16-13-19(18-7-5-6-8-20(18)23-16)21(26)24-22-14-15-9-11-17(12-10-15)25(2)3/h5-14H,4H2,1-3H3,(H,24,26)/b22-14-. The number of nitrogens with one attached hydrogen (secondary N) is 1. The van der Waals surface area contributed by atoms with E-state index >= 15 is 0 Å². The van der Waals surface area contributed by atoms with Crippen LogP contribution < -0.4 is 10.3 Å². The summed E-state index contributed by atoms with van der Waals surface area (Å²) in [6.45, 7) is 2.02. The summed E-state index contributed by atoms with van der Waals surface area (Å²) >= 11 is 0. The number of hydrazone groups is 1. The van der Waals surface area contributed by atoms with Gasteiger partial charge >= 0.3 is 0 Å². The number of carbonyl (C=O) groups is 1. The SMILES string of the molecule is CCc1cc(C(=O)N/N=C\c2ccc(N(C)C)cc2)c2ccccc2n1. The van der Waals surface area contributed by atoms with Crippen LogP contribution in [0.2, 0.25) is 0 Å². The largest absolute Gasteiger partial charge is 0.378 e. The zero-order valence-corrected chi connectivity index (χ0v) is 15.2. The maximum absolute atomic E-state index is 12.6. The van der Waals surface area contributed by atoms with Crippen LogP contribution in [-0.4, -0.2) is 31.2 Å². The van der Waals surface area contributed by atoms with Gasteiger partial charge in [-0.2, -0.15) is 5.10 Å². The molecule has 1 amide bonds. The molecular formula is C21H22N4O. The van der Waals surface area contributed by atoms with Crippen molar-refractivity contribution in [2.24, 2.45) is 5.10 Å². The average molecular weight is 346 g/mol. The summed E-state index contributed by atoms with van der Waals surface area (Å²) < 4.78 is 0. The first-order valence-electron chi connectivity index (χ1n) is 8.58. The zero-order chi connectivity index (χ0) is 18.5. The lowest BCUT2D eigenvalue weighted by atomic mass is 10.1. The predicted octanol–water partition coefficient (Wildman–Crippen LogP) is 3.63. The van der Waals surface area contributed by atoms with Crippen molar-refractivity contribution in [3.8, 4) is 0 Å². The Bertz CT molecular complexity index is 946. The summed E-state index contributed by atoms with van der Waals surface area (Å²) in [6.07, 6.45) is 2.41. The maximum atomic E-state index is 12.6. The van der Waals surface area contributed by atoms with Gasteiger partial charge in [0.05, 0.1) is 17.3 Å². The van der Waals surface area contributed by atoms with Gasteiger partial charge in [0.2, 0.25) is 0 Å². The van der Waals surface area contributed by atoms with E-state index in [2.05, 4.69) is 15.5 Å². The Labute approximate surface area is 153 Å². The molecule has 132 valence electrons. The monoisotopic (exact) mass is 346 g/mol. The van der Waals surface area contributed by atoms with E-state index in [4.69, 9.17) is 0 Å². The highest BCUT2D eigenvalue weighted by atomic mass is 16.2. The van der Waals surface area contributed by atoms with Crippen LogP contribution in [0.3, 0.4) is 0 Å². The molecule has 1 heterocycles. The average Bonchev–Trinajstić information content (AvgIpc) is 2.67. The number of hydrogen-bond acceptors (Lipinski definition) is 4. The highest BCUT2D eigenvalue weighted by Crippen LogP contribution is 2.18. The van der Waals surface area contributed by atoms with Crippen LogP contribution in [0.15, 0.2) is 59.7 Å². The maximum Gasteiger partial charge on any atom is 0.272 e. The third-order valence-electron chi connectivity index (χ3n) is 4.17. The molecule has 0 saturated carbocycles. The van der Waals surface area contributed by atoms with E-state index < -0.39 is 0 Å². The van der Waals surface area contributed by atoms with Crippen molar-refractivity contribution in [1.82, 2.24) is 10.4 Å². The van der Waals surface area contributed by atoms with Crippen LogP contribution in [0.25, 0.3) is 10.9 Å². The van der Waals surface area contributed by atoms with Gasteiger partial charge in [-0.15, -0.1) is 0 Å². The van der Waals surface area contributed by atoms with Crippen LogP contribution in [0.5, 0.6) is 0 Å². The Balaban J connectivity index is 1.79. The quantitative estimate of drug-likeness (QED) is 0.567. The van der Waals surface area contributed by atoms with Crippen LogP contribution >= 0.6 is 0 Å². The van der Waals surface area contributed by atoms with Crippen molar-refractivity contribution in [2.45, 2.75) is 13.3 Å². The minimum atomic E-state index is -0.237. The van der Waals surface area contributed by atoms with E-state index in [9.17, 15) is 4.79 Å². The van der Waals surface area contributed by atoms with Gasteiger partial charge in [0.15, 0.2) is 0 Å². The molecule has 3 aromatic rings. The molecule has 1 aromatic heterocycles. The molecule has 0 spiro atoms. The number of carbonyl (C=O) groups excluding carboxylic acids is 1. The molecule has 5 heteroatoms. The van der Waals surface area contributed by atoms with Crippen molar-refractivity contribution in [3.05, 3.63) is 71.4 Å². The lowest BCUT2D eigenvalue weighted by Gasteiger charge is -2.11. The normalized spacial score (nSPS) is 11.0. The van der Waals surface area contributed by atoms with Gasteiger partial charge in [0, 0.05) is 30.9 Å². The van der Waals surface area contributed by atoms with E-state index in [1.54, 1.807) is 6.21 Å². The number of hydrogen-bond donors (Lipinski definition) is 1. The van der Waals surface area contributed by atoms with Crippen molar-refractivity contribution < 1.29 is 4.79 Å². The number of anilines is 1. The molecule has 3 rings (SSSR count). The molecule has 2 aromatic carbocycles. The number of fused-ring (bicyclic) bond motifs is 1. The Kier molecular flexibility index (Phi) is 5.27. The zero-order valence-electron chi connectivity index (χ0n) is 15.2. The van der Waals surface area contributed by atoms with Crippen molar-refractivity contribution in [2.75, 3.05) is 19.0 Å². The van der Waals surface area contributed by atoms with Gasteiger partial charge in [0.1, 0.15) is 0 Å². The molecule has 0 fully saturated rings.